The lowest BCUT2D eigenvalue weighted by atomic mass is 10.2. The molecule has 5 nitrogen and oxygen atoms in total. The zero-order chi connectivity index (χ0) is 14.2. The molecule has 1 fully saturated rings. The lowest BCUT2D eigenvalue weighted by molar-refractivity contribution is -0.128. The highest BCUT2D eigenvalue weighted by Gasteiger charge is 2.30. The Morgan fingerprint density at radius 3 is 2.80 bits per heavy atom. The van der Waals surface area contributed by atoms with Gasteiger partial charge in [-0.1, -0.05) is 30.3 Å². The van der Waals surface area contributed by atoms with E-state index in [1.807, 2.05) is 35.2 Å². The highest BCUT2D eigenvalue weighted by Crippen LogP contribution is 2.17. The molecule has 1 aromatic rings. The van der Waals surface area contributed by atoms with Crippen molar-refractivity contribution in [2.75, 3.05) is 33.7 Å². The molecule has 1 saturated heterocycles. The number of hydrogen-bond acceptors (Lipinski definition) is 4. The number of rotatable bonds is 8. The molecule has 1 heterocycles. The maximum atomic E-state index is 11.9. The van der Waals surface area contributed by atoms with E-state index < -0.39 is 0 Å². The molecule has 1 aliphatic rings. The van der Waals surface area contributed by atoms with Crippen molar-refractivity contribution in [1.29, 1.82) is 0 Å². The Bertz CT molecular complexity index is 410. The Morgan fingerprint density at radius 1 is 1.25 bits per heavy atom. The van der Waals surface area contributed by atoms with Gasteiger partial charge in [-0.05, 0) is 5.56 Å². The van der Waals surface area contributed by atoms with E-state index in [9.17, 15) is 4.79 Å². The molecule has 0 bridgehead atoms. The van der Waals surface area contributed by atoms with Gasteiger partial charge in [-0.2, -0.15) is 0 Å². The number of likely N-dealkylation sites (tertiary alicyclic amines) is 1. The smallest absolute Gasteiger partial charge is 0.225 e. The fourth-order valence-corrected chi connectivity index (χ4v) is 2.15. The quantitative estimate of drug-likeness (QED) is 0.533. The van der Waals surface area contributed by atoms with Gasteiger partial charge in [-0.15, -0.1) is 0 Å². The molecule has 110 valence electrons. The maximum absolute atomic E-state index is 11.9. The molecule has 2 rings (SSSR count). The molecule has 0 spiro atoms. The molecular weight excluding hydrogens is 258 g/mol. The fourth-order valence-electron chi connectivity index (χ4n) is 2.15. The van der Waals surface area contributed by atoms with Gasteiger partial charge in [0.25, 0.3) is 0 Å². The molecule has 1 amide bonds. The second-order valence-corrected chi connectivity index (χ2v) is 4.77. The topological polar surface area (TPSA) is 48.0 Å². The van der Waals surface area contributed by atoms with Crippen LogP contribution in [0.2, 0.25) is 0 Å². The fraction of sp³-hybridized carbons (Fsp3) is 0.533. The molecule has 1 aromatic carbocycles. The van der Waals surface area contributed by atoms with Crippen LogP contribution in [-0.2, 0) is 25.5 Å². The summed E-state index contributed by atoms with van der Waals surface area (Å²) in [6, 6.07) is 9.98. The van der Waals surface area contributed by atoms with Crippen LogP contribution in [0.1, 0.15) is 12.0 Å². The monoisotopic (exact) mass is 279 g/mol. The standard InChI is InChI=1S/C15H21NO4/c1-18-7-8-19-12-20-14-9-15(17)16(11-14)10-13-5-3-2-4-6-13/h2-6,14H,7-12H2,1H3/t14-/m0/s1. The lowest BCUT2D eigenvalue weighted by Gasteiger charge is -2.16. The average Bonchev–Trinajstić information content (AvgIpc) is 2.80. The summed E-state index contributed by atoms with van der Waals surface area (Å²) >= 11 is 0. The zero-order valence-corrected chi connectivity index (χ0v) is 11.8. The van der Waals surface area contributed by atoms with Crippen molar-refractivity contribution in [3.8, 4) is 0 Å². The highest BCUT2D eigenvalue weighted by molar-refractivity contribution is 5.79. The molecule has 0 aliphatic carbocycles. The molecule has 0 aromatic heterocycles. The number of methoxy groups -OCH3 is 1. The van der Waals surface area contributed by atoms with Crippen LogP contribution in [0.15, 0.2) is 30.3 Å². The van der Waals surface area contributed by atoms with Crippen LogP contribution in [-0.4, -0.2) is 50.6 Å². The lowest BCUT2D eigenvalue weighted by Crippen LogP contribution is -2.26. The first-order chi connectivity index (χ1) is 9.79. The third-order valence-electron chi connectivity index (χ3n) is 3.21. The number of nitrogens with zero attached hydrogens (tertiary/aromatic N) is 1. The van der Waals surface area contributed by atoms with Crippen molar-refractivity contribution in [3.05, 3.63) is 35.9 Å². The predicted octanol–water partition coefficient (Wildman–Crippen LogP) is 1.42. The van der Waals surface area contributed by atoms with Crippen LogP contribution in [0.5, 0.6) is 0 Å². The van der Waals surface area contributed by atoms with Crippen molar-refractivity contribution in [3.63, 3.8) is 0 Å². The van der Waals surface area contributed by atoms with Crippen LogP contribution in [0.3, 0.4) is 0 Å². The Hall–Kier alpha value is -1.43. The molecule has 0 saturated carbocycles. The third kappa shape index (κ3) is 4.59. The van der Waals surface area contributed by atoms with Crippen molar-refractivity contribution in [2.45, 2.75) is 19.1 Å². The molecule has 5 heteroatoms. The number of carbonyl (C=O) groups excluding carboxylic acids is 1. The molecular formula is C15H21NO4. The summed E-state index contributed by atoms with van der Waals surface area (Å²) in [6.07, 6.45) is 0.356. The Kier molecular flexibility index (Phi) is 5.98. The van der Waals surface area contributed by atoms with E-state index in [1.54, 1.807) is 7.11 Å². The number of benzene rings is 1. The minimum absolute atomic E-state index is 0.0752. The van der Waals surface area contributed by atoms with E-state index in [1.165, 1.54) is 0 Å². The van der Waals surface area contributed by atoms with E-state index in [-0.39, 0.29) is 18.8 Å². The predicted molar refractivity (Wildman–Crippen MR) is 74.0 cm³/mol. The molecule has 0 radical (unpaired) electrons. The first-order valence-electron chi connectivity index (χ1n) is 6.79. The molecule has 1 atom stereocenters. The SMILES string of the molecule is COCCOCO[C@H]1CC(=O)N(Cc2ccccc2)C1. The van der Waals surface area contributed by atoms with E-state index >= 15 is 0 Å². The van der Waals surface area contributed by atoms with Crippen LogP contribution >= 0.6 is 0 Å². The summed E-state index contributed by atoms with van der Waals surface area (Å²) in [5.74, 6) is 0.135. The normalized spacial score (nSPS) is 18.8. The van der Waals surface area contributed by atoms with Gasteiger partial charge in [0.2, 0.25) is 5.91 Å². The molecule has 0 unspecified atom stereocenters. The van der Waals surface area contributed by atoms with Gasteiger partial charge in [-0.25, -0.2) is 0 Å². The van der Waals surface area contributed by atoms with Gasteiger partial charge >= 0.3 is 0 Å². The molecule has 1 aliphatic heterocycles. The van der Waals surface area contributed by atoms with Gasteiger partial charge in [0.15, 0.2) is 0 Å². The number of hydrogen-bond donors (Lipinski definition) is 0. The summed E-state index contributed by atoms with van der Waals surface area (Å²) < 4.78 is 15.7. The van der Waals surface area contributed by atoms with Gasteiger partial charge in [0.1, 0.15) is 6.79 Å². The third-order valence-corrected chi connectivity index (χ3v) is 3.21. The Balaban J connectivity index is 1.71. The van der Waals surface area contributed by atoms with E-state index in [2.05, 4.69) is 0 Å². The first-order valence-corrected chi connectivity index (χ1v) is 6.79. The minimum Gasteiger partial charge on any atom is -0.382 e. The summed E-state index contributed by atoms with van der Waals surface area (Å²) in [7, 11) is 1.63. The van der Waals surface area contributed by atoms with E-state index in [4.69, 9.17) is 14.2 Å². The second kappa shape index (κ2) is 7.99. The number of carbonyl (C=O) groups is 1. The number of amides is 1. The van der Waals surface area contributed by atoms with Crippen LogP contribution in [0, 0.1) is 0 Å². The van der Waals surface area contributed by atoms with Gasteiger partial charge < -0.3 is 19.1 Å². The Morgan fingerprint density at radius 2 is 2.05 bits per heavy atom. The van der Waals surface area contributed by atoms with Crippen LogP contribution in [0.25, 0.3) is 0 Å². The van der Waals surface area contributed by atoms with Crippen molar-refractivity contribution >= 4 is 5.91 Å². The molecule has 20 heavy (non-hydrogen) atoms. The van der Waals surface area contributed by atoms with Crippen molar-refractivity contribution in [2.24, 2.45) is 0 Å². The second-order valence-electron chi connectivity index (χ2n) is 4.77. The van der Waals surface area contributed by atoms with Crippen molar-refractivity contribution < 1.29 is 19.0 Å². The van der Waals surface area contributed by atoms with E-state index in [0.29, 0.717) is 32.7 Å². The maximum Gasteiger partial charge on any atom is 0.225 e. The molecule has 0 N–H and O–H groups in total. The Labute approximate surface area is 119 Å². The van der Waals surface area contributed by atoms with Crippen LogP contribution < -0.4 is 0 Å². The van der Waals surface area contributed by atoms with E-state index in [0.717, 1.165) is 5.56 Å². The van der Waals surface area contributed by atoms with Crippen molar-refractivity contribution in [1.82, 2.24) is 4.90 Å². The summed E-state index contributed by atoms with van der Waals surface area (Å²) in [5.41, 5.74) is 1.14. The highest BCUT2D eigenvalue weighted by atomic mass is 16.7. The zero-order valence-electron chi connectivity index (χ0n) is 11.8. The summed E-state index contributed by atoms with van der Waals surface area (Å²) in [6.45, 7) is 2.53. The van der Waals surface area contributed by atoms with Gasteiger partial charge in [0, 0.05) is 20.2 Å². The van der Waals surface area contributed by atoms with Crippen LogP contribution in [0.4, 0.5) is 0 Å². The summed E-state index contributed by atoms with van der Waals surface area (Å²) in [5, 5.41) is 0. The van der Waals surface area contributed by atoms with Gasteiger partial charge in [0.05, 0.1) is 25.7 Å². The largest absolute Gasteiger partial charge is 0.382 e. The first kappa shape index (κ1) is 15.0. The minimum atomic E-state index is -0.0752. The average molecular weight is 279 g/mol. The number of ether oxygens (including phenoxy) is 3. The summed E-state index contributed by atoms with van der Waals surface area (Å²) in [4.78, 5) is 13.7. The van der Waals surface area contributed by atoms with Gasteiger partial charge in [-0.3, -0.25) is 4.79 Å².